The average Bonchev–Trinajstić information content (AvgIpc) is 2.77. The second kappa shape index (κ2) is 9.06. The van der Waals surface area contributed by atoms with E-state index in [9.17, 15) is 24.5 Å². The number of fused-ring (bicyclic) bond motifs is 3. The highest BCUT2D eigenvalue weighted by molar-refractivity contribution is 7.99. The van der Waals surface area contributed by atoms with Crippen LogP contribution in [0, 0.1) is 10.1 Å². The van der Waals surface area contributed by atoms with E-state index in [1.165, 1.54) is 53.4 Å². The summed E-state index contributed by atoms with van der Waals surface area (Å²) in [6.45, 7) is 4.43. The van der Waals surface area contributed by atoms with E-state index in [1.54, 1.807) is 24.3 Å². The molecular formula is C22H20N5O6S+. The lowest BCUT2D eigenvalue weighted by Gasteiger charge is -2.31. The fourth-order valence-electron chi connectivity index (χ4n) is 3.89. The van der Waals surface area contributed by atoms with E-state index in [0.717, 1.165) is 0 Å². The third-order valence-corrected chi connectivity index (χ3v) is 5.86. The van der Waals surface area contributed by atoms with Gasteiger partial charge in [0.25, 0.3) is 11.9 Å². The highest BCUT2D eigenvalue weighted by atomic mass is 32.2. The van der Waals surface area contributed by atoms with Crippen LogP contribution >= 0.6 is 11.8 Å². The first kappa shape index (κ1) is 23.1. The van der Waals surface area contributed by atoms with Crippen molar-refractivity contribution in [3.63, 3.8) is 0 Å². The Labute approximate surface area is 197 Å². The zero-order valence-corrected chi connectivity index (χ0v) is 19.3. The monoisotopic (exact) mass is 482 g/mol. The maximum atomic E-state index is 13.2. The molecule has 0 aliphatic carbocycles. The molecule has 0 fully saturated rings. The first-order valence-corrected chi connectivity index (χ1v) is 11.3. The zero-order chi connectivity index (χ0) is 24.6. The lowest BCUT2D eigenvalue weighted by atomic mass is 10.0. The minimum Gasteiger partial charge on any atom is -0.426 e. The third-order valence-electron chi connectivity index (χ3n) is 5.11. The number of carbonyl (C=O) groups excluding carboxylic acids is 2. The van der Waals surface area contributed by atoms with Crippen LogP contribution in [0.3, 0.4) is 0 Å². The maximum absolute atomic E-state index is 13.2. The van der Waals surface area contributed by atoms with E-state index < -0.39 is 28.5 Å². The van der Waals surface area contributed by atoms with Crippen molar-refractivity contribution in [3.8, 4) is 17.0 Å². The van der Waals surface area contributed by atoms with Gasteiger partial charge in [0.1, 0.15) is 5.75 Å². The second-order valence-corrected chi connectivity index (χ2v) is 8.59. The van der Waals surface area contributed by atoms with Crippen molar-refractivity contribution in [2.24, 2.45) is 0 Å². The Morgan fingerprint density at radius 1 is 1.26 bits per heavy atom. The Balaban J connectivity index is 2.11. The van der Waals surface area contributed by atoms with E-state index in [1.807, 2.05) is 6.92 Å². The number of nitrogens with zero attached hydrogens (tertiary/aromatic N) is 4. The smallest absolute Gasteiger partial charge is 0.325 e. The molecule has 11 nitrogen and oxygen atoms in total. The normalized spacial score (nSPS) is 14.2. The van der Waals surface area contributed by atoms with E-state index in [4.69, 9.17) is 4.74 Å². The Bertz CT molecular complexity index is 1390. The summed E-state index contributed by atoms with van der Waals surface area (Å²) in [5, 5.41) is 16.4. The van der Waals surface area contributed by atoms with Gasteiger partial charge in [-0.2, -0.15) is 0 Å². The lowest BCUT2D eigenvalue weighted by Crippen LogP contribution is -2.60. The molecule has 0 saturated heterocycles. The largest absolute Gasteiger partial charge is 0.426 e. The van der Waals surface area contributed by atoms with Gasteiger partial charge in [0.15, 0.2) is 0 Å². The second-order valence-electron chi connectivity index (χ2n) is 7.34. The number of rotatable bonds is 5. The van der Waals surface area contributed by atoms with Crippen LogP contribution in [0.15, 0.2) is 52.4 Å². The molecule has 12 heteroatoms. The molecule has 1 atom stereocenters. The number of aromatic amines is 1. The molecule has 174 valence electrons. The molecule has 2 aromatic carbocycles. The van der Waals surface area contributed by atoms with Crippen molar-refractivity contribution < 1.29 is 23.9 Å². The summed E-state index contributed by atoms with van der Waals surface area (Å²) in [6.07, 6.45) is -1.13. The van der Waals surface area contributed by atoms with Crippen LogP contribution in [0.5, 0.6) is 5.75 Å². The van der Waals surface area contributed by atoms with Crippen LogP contribution in [0.4, 0.5) is 11.4 Å². The molecule has 4 rings (SSSR count). The number of amides is 1. The van der Waals surface area contributed by atoms with Gasteiger partial charge in [0.2, 0.25) is 11.1 Å². The molecular weight excluding hydrogens is 462 g/mol. The number of thioether (sulfide) groups is 1. The van der Waals surface area contributed by atoms with E-state index in [0.29, 0.717) is 22.2 Å². The number of hydrogen-bond acceptors (Lipinski definition) is 8. The molecule has 1 N–H and O–H groups in total. The van der Waals surface area contributed by atoms with Gasteiger partial charge in [-0.25, -0.2) is 4.90 Å². The SMILES string of the molecule is CCSc1n[n+]2c(c(=O)[nH]1)-c1ccccc1N(C(C)=O)C2c1cc([N+](=O)[O-])ccc1OC(C)=O. The van der Waals surface area contributed by atoms with Crippen molar-refractivity contribution in [1.29, 1.82) is 0 Å². The van der Waals surface area contributed by atoms with Gasteiger partial charge in [0.05, 0.1) is 21.7 Å². The summed E-state index contributed by atoms with van der Waals surface area (Å²) in [5.74, 6) is -0.413. The van der Waals surface area contributed by atoms with Crippen molar-refractivity contribution in [2.45, 2.75) is 32.1 Å². The molecule has 1 amide bonds. The number of hydrogen-bond donors (Lipinski definition) is 1. The molecule has 0 radical (unpaired) electrons. The number of ether oxygens (including phenoxy) is 1. The first-order chi connectivity index (χ1) is 16.2. The molecule has 0 saturated carbocycles. The molecule has 3 aromatic rings. The predicted octanol–water partition coefficient (Wildman–Crippen LogP) is 2.58. The number of nitro benzene ring substituents is 1. The molecule has 1 aliphatic heterocycles. The van der Waals surface area contributed by atoms with Crippen LogP contribution in [-0.2, 0) is 9.59 Å². The number of carbonyl (C=O) groups is 2. The van der Waals surface area contributed by atoms with Crippen LogP contribution in [0.2, 0.25) is 0 Å². The number of nitro groups is 1. The van der Waals surface area contributed by atoms with Crippen LogP contribution in [0.25, 0.3) is 11.3 Å². The van der Waals surface area contributed by atoms with E-state index >= 15 is 0 Å². The highest BCUT2D eigenvalue weighted by Gasteiger charge is 2.46. The van der Waals surface area contributed by atoms with Crippen molar-refractivity contribution in [3.05, 3.63) is 68.5 Å². The van der Waals surface area contributed by atoms with Gasteiger partial charge in [-0.15, -0.1) is 0 Å². The fourth-order valence-corrected chi connectivity index (χ4v) is 4.48. The molecule has 1 unspecified atom stereocenters. The van der Waals surface area contributed by atoms with Gasteiger partial charge < -0.3 is 4.74 Å². The zero-order valence-electron chi connectivity index (χ0n) is 18.5. The number of anilines is 1. The number of benzene rings is 2. The van der Waals surface area contributed by atoms with E-state index in [-0.39, 0.29) is 22.7 Å². The maximum Gasteiger partial charge on any atom is 0.325 e. The quantitative estimate of drug-likeness (QED) is 0.146. The number of H-pyrrole nitrogens is 1. The summed E-state index contributed by atoms with van der Waals surface area (Å²) < 4.78 is 6.69. The van der Waals surface area contributed by atoms with E-state index in [2.05, 4.69) is 10.1 Å². The summed E-state index contributed by atoms with van der Waals surface area (Å²) >= 11 is 1.29. The molecule has 1 aromatic heterocycles. The topological polar surface area (TPSA) is 139 Å². The van der Waals surface area contributed by atoms with Gasteiger partial charge in [0, 0.05) is 31.1 Å². The van der Waals surface area contributed by atoms with Gasteiger partial charge in [-0.05, 0) is 28.6 Å². The number of non-ortho nitro benzene ring substituents is 1. The average molecular weight is 482 g/mol. The molecule has 2 heterocycles. The molecule has 0 bridgehead atoms. The number of esters is 1. The molecule has 1 aliphatic rings. The van der Waals surface area contributed by atoms with Crippen LogP contribution in [0.1, 0.15) is 32.5 Å². The minimum atomic E-state index is -1.13. The molecule has 34 heavy (non-hydrogen) atoms. The van der Waals surface area contributed by atoms with Gasteiger partial charge in [-0.3, -0.25) is 29.5 Å². The highest BCUT2D eigenvalue weighted by Crippen LogP contribution is 2.40. The van der Waals surface area contributed by atoms with Gasteiger partial charge >= 0.3 is 17.2 Å². The van der Waals surface area contributed by atoms with Crippen molar-refractivity contribution >= 4 is 35.0 Å². The van der Waals surface area contributed by atoms with Crippen molar-refractivity contribution in [2.75, 3.05) is 10.7 Å². The van der Waals surface area contributed by atoms with Crippen molar-refractivity contribution in [1.82, 2.24) is 10.1 Å². The predicted molar refractivity (Wildman–Crippen MR) is 123 cm³/mol. The third kappa shape index (κ3) is 4.03. The fraction of sp³-hybridized carbons (Fsp3) is 0.227. The van der Waals surface area contributed by atoms with Crippen LogP contribution < -0.4 is 19.9 Å². The van der Waals surface area contributed by atoms with Gasteiger partial charge in [-0.1, -0.05) is 30.8 Å². The Kier molecular flexibility index (Phi) is 6.16. The summed E-state index contributed by atoms with van der Waals surface area (Å²) in [6, 6.07) is 10.5. The molecule has 0 spiro atoms. The Hall–Kier alpha value is -4.06. The lowest BCUT2D eigenvalue weighted by molar-refractivity contribution is -0.763. The summed E-state index contributed by atoms with van der Waals surface area (Å²) in [7, 11) is 0. The summed E-state index contributed by atoms with van der Waals surface area (Å²) in [5.41, 5.74) is 0.470. The summed E-state index contributed by atoms with van der Waals surface area (Å²) in [4.78, 5) is 53.0. The first-order valence-electron chi connectivity index (χ1n) is 10.3. The Morgan fingerprint density at radius 3 is 2.65 bits per heavy atom. The number of nitrogens with one attached hydrogen (secondary N) is 1. The number of aromatic nitrogens is 3. The standard InChI is InChI=1S/C22H19N5O6S/c1-4-34-22-23-20(30)19-15-7-5-6-8-17(15)25(12(2)28)21(26(19)24-22)16-11-14(27(31)32)9-10-18(16)33-13(3)29/h5-11,21H,4H2,1-3H3/p+1. The Morgan fingerprint density at radius 2 is 2.00 bits per heavy atom. The minimum absolute atomic E-state index is 0.0129. The van der Waals surface area contributed by atoms with Crippen LogP contribution in [-0.4, -0.2) is 32.6 Å². The number of para-hydroxylation sites is 1.